The van der Waals surface area contributed by atoms with Crippen LogP contribution in [-0.4, -0.2) is 81.9 Å². The number of fused-ring (bicyclic) bond motifs is 1. The Balaban J connectivity index is 1.46. The predicted molar refractivity (Wildman–Crippen MR) is 83.5 cm³/mol. The van der Waals surface area contributed by atoms with Gasteiger partial charge in [0.1, 0.15) is 6.04 Å². The van der Waals surface area contributed by atoms with Crippen molar-refractivity contribution in [2.24, 2.45) is 5.41 Å². The van der Waals surface area contributed by atoms with Crippen molar-refractivity contribution < 1.29 is 9.59 Å². The highest BCUT2D eigenvalue weighted by molar-refractivity contribution is 5.87. The van der Waals surface area contributed by atoms with Crippen molar-refractivity contribution in [2.75, 3.05) is 39.8 Å². The van der Waals surface area contributed by atoms with E-state index in [0.717, 1.165) is 39.0 Å². The molecule has 1 atom stereocenters. The Morgan fingerprint density at radius 3 is 2.78 bits per heavy atom. The first-order valence-corrected chi connectivity index (χ1v) is 8.33. The maximum atomic E-state index is 13.0. The quantitative estimate of drug-likeness (QED) is 0.764. The highest BCUT2D eigenvalue weighted by Crippen LogP contribution is 2.49. The Bertz CT molecular complexity index is 610. The van der Waals surface area contributed by atoms with Crippen LogP contribution in [-0.2, 0) is 16.1 Å². The first kappa shape index (κ1) is 14.7. The molecule has 3 fully saturated rings. The van der Waals surface area contributed by atoms with Crippen LogP contribution in [0.5, 0.6) is 0 Å². The molecule has 0 spiro atoms. The van der Waals surface area contributed by atoms with Gasteiger partial charge in [-0.3, -0.25) is 14.5 Å². The molecule has 2 amide bonds. The monoisotopic (exact) mass is 317 g/mol. The van der Waals surface area contributed by atoms with E-state index >= 15 is 0 Å². The van der Waals surface area contributed by atoms with Gasteiger partial charge in [0.15, 0.2) is 0 Å². The van der Waals surface area contributed by atoms with Gasteiger partial charge in [0.25, 0.3) is 0 Å². The Labute approximate surface area is 135 Å². The van der Waals surface area contributed by atoms with E-state index in [1.54, 1.807) is 17.4 Å². The Kier molecular flexibility index (Phi) is 3.41. The molecule has 1 saturated carbocycles. The number of rotatable bonds is 3. The molecule has 3 aliphatic rings. The van der Waals surface area contributed by atoms with Crippen LogP contribution >= 0.6 is 0 Å². The third kappa shape index (κ3) is 2.52. The number of aromatic nitrogens is 2. The van der Waals surface area contributed by atoms with E-state index < -0.39 is 0 Å². The first-order valence-electron chi connectivity index (χ1n) is 8.33. The first-order chi connectivity index (χ1) is 11.1. The SMILES string of the molecule is CN1CCN2CCN(C(=O)C3(Cn4ccnc4)CC3)CC2C1=O. The van der Waals surface area contributed by atoms with E-state index in [2.05, 4.69) is 9.88 Å². The summed E-state index contributed by atoms with van der Waals surface area (Å²) in [6.45, 7) is 4.47. The summed E-state index contributed by atoms with van der Waals surface area (Å²) >= 11 is 0. The largest absolute Gasteiger partial charge is 0.343 e. The molecule has 7 heteroatoms. The van der Waals surface area contributed by atoms with Gasteiger partial charge in [-0.2, -0.15) is 0 Å². The molecule has 1 aromatic rings. The van der Waals surface area contributed by atoms with E-state index in [9.17, 15) is 9.59 Å². The molecule has 0 bridgehead atoms. The molecule has 23 heavy (non-hydrogen) atoms. The summed E-state index contributed by atoms with van der Waals surface area (Å²) in [6, 6.07) is -0.157. The summed E-state index contributed by atoms with van der Waals surface area (Å²) in [6.07, 6.45) is 7.29. The van der Waals surface area contributed by atoms with Gasteiger partial charge in [-0.05, 0) is 12.8 Å². The topological polar surface area (TPSA) is 61.7 Å². The van der Waals surface area contributed by atoms with Crippen LogP contribution in [0.3, 0.4) is 0 Å². The normalized spacial score (nSPS) is 27.0. The number of likely N-dealkylation sites (N-methyl/N-ethyl adjacent to an activating group) is 1. The average molecular weight is 317 g/mol. The van der Waals surface area contributed by atoms with Crippen LogP contribution in [0.15, 0.2) is 18.7 Å². The maximum absolute atomic E-state index is 13.0. The van der Waals surface area contributed by atoms with Crippen molar-refractivity contribution in [2.45, 2.75) is 25.4 Å². The third-order valence-corrected chi connectivity index (χ3v) is 5.51. The fraction of sp³-hybridized carbons (Fsp3) is 0.688. The van der Waals surface area contributed by atoms with E-state index in [1.807, 2.05) is 22.7 Å². The van der Waals surface area contributed by atoms with Crippen LogP contribution in [0.4, 0.5) is 0 Å². The van der Waals surface area contributed by atoms with Crippen molar-refractivity contribution in [3.63, 3.8) is 0 Å². The molecule has 0 N–H and O–H groups in total. The smallest absolute Gasteiger partial charge is 0.241 e. The predicted octanol–water partition coefficient (Wildman–Crippen LogP) is -0.352. The molecule has 2 aliphatic heterocycles. The number of imidazole rings is 1. The van der Waals surface area contributed by atoms with E-state index in [4.69, 9.17) is 0 Å². The van der Waals surface area contributed by atoms with Gasteiger partial charge in [0, 0.05) is 58.7 Å². The maximum Gasteiger partial charge on any atom is 0.241 e. The van der Waals surface area contributed by atoms with E-state index in [1.165, 1.54) is 0 Å². The lowest BCUT2D eigenvalue weighted by Gasteiger charge is -2.46. The second-order valence-electron chi connectivity index (χ2n) is 7.08. The number of amides is 2. The molecule has 3 heterocycles. The van der Waals surface area contributed by atoms with Crippen LogP contribution < -0.4 is 0 Å². The Morgan fingerprint density at radius 2 is 2.09 bits per heavy atom. The van der Waals surface area contributed by atoms with Crippen molar-refractivity contribution in [3.8, 4) is 0 Å². The molecular weight excluding hydrogens is 294 g/mol. The van der Waals surface area contributed by atoms with Crippen molar-refractivity contribution >= 4 is 11.8 Å². The van der Waals surface area contributed by atoms with Crippen LogP contribution in [0, 0.1) is 5.41 Å². The van der Waals surface area contributed by atoms with Crippen molar-refractivity contribution in [1.82, 2.24) is 24.3 Å². The summed E-state index contributed by atoms with van der Waals surface area (Å²) in [5.41, 5.74) is -0.271. The molecule has 1 aliphatic carbocycles. The van der Waals surface area contributed by atoms with Gasteiger partial charge in [-0.15, -0.1) is 0 Å². The average Bonchev–Trinajstić information content (AvgIpc) is 3.16. The number of carbonyl (C=O) groups excluding carboxylic acids is 2. The summed E-state index contributed by atoms with van der Waals surface area (Å²) in [5, 5.41) is 0. The summed E-state index contributed by atoms with van der Waals surface area (Å²) in [4.78, 5) is 35.4. The highest BCUT2D eigenvalue weighted by Gasteiger charge is 2.53. The molecule has 1 aromatic heterocycles. The molecule has 0 aromatic carbocycles. The molecule has 4 rings (SSSR count). The fourth-order valence-corrected chi connectivity index (χ4v) is 3.81. The van der Waals surface area contributed by atoms with Crippen molar-refractivity contribution in [3.05, 3.63) is 18.7 Å². The highest BCUT2D eigenvalue weighted by atomic mass is 16.2. The van der Waals surface area contributed by atoms with Gasteiger partial charge in [0.05, 0.1) is 11.7 Å². The third-order valence-electron chi connectivity index (χ3n) is 5.51. The van der Waals surface area contributed by atoms with Crippen LogP contribution in [0.25, 0.3) is 0 Å². The van der Waals surface area contributed by atoms with E-state index in [-0.39, 0.29) is 23.3 Å². The zero-order valence-electron chi connectivity index (χ0n) is 13.5. The molecule has 0 radical (unpaired) electrons. The minimum Gasteiger partial charge on any atom is -0.343 e. The van der Waals surface area contributed by atoms with Gasteiger partial charge in [-0.1, -0.05) is 0 Å². The second-order valence-corrected chi connectivity index (χ2v) is 7.08. The fourth-order valence-electron chi connectivity index (χ4n) is 3.81. The summed E-state index contributed by atoms with van der Waals surface area (Å²) < 4.78 is 1.99. The number of hydrogen-bond acceptors (Lipinski definition) is 4. The Morgan fingerprint density at radius 1 is 1.30 bits per heavy atom. The molecular formula is C16H23N5O2. The van der Waals surface area contributed by atoms with Crippen LogP contribution in [0.1, 0.15) is 12.8 Å². The number of carbonyl (C=O) groups is 2. The van der Waals surface area contributed by atoms with Gasteiger partial charge in [0.2, 0.25) is 11.8 Å². The summed E-state index contributed by atoms with van der Waals surface area (Å²) in [7, 11) is 1.85. The molecule has 1 unspecified atom stereocenters. The lowest BCUT2D eigenvalue weighted by molar-refractivity contribution is -0.149. The number of nitrogens with zero attached hydrogens (tertiary/aromatic N) is 5. The minimum atomic E-state index is -0.271. The summed E-state index contributed by atoms with van der Waals surface area (Å²) in [5.74, 6) is 0.361. The van der Waals surface area contributed by atoms with Gasteiger partial charge < -0.3 is 14.4 Å². The number of piperazine rings is 2. The lowest BCUT2D eigenvalue weighted by Crippen LogP contribution is -2.65. The van der Waals surface area contributed by atoms with Gasteiger partial charge >= 0.3 is 0 Å². The zero-order chi connectivity index (χ0) is 16.0. The minimum absolute atomic E-state index is 0.146. The number of hydrogen-bond donors (Lipinski definition) is 0. The van der Waals surface area contributed by atoms with E-state index in [0.29, 0.717) is 13.1 Å². The molecule has 2 saturated heterocycles. The lowest BCUT2D eigenvalue weighted by atomic mass is 10.0. The van der Waals surface area contributed by atoms with Gasteiger partial charge in [-0.25, -0.2) is 4.98 Å². The second kappa shape index (κ2) is 5.33. The molecule has 124 valence electrons. The van der Waals surface area contributed by atoms with Crippen molar-refractivity contribution in [1.29, 1.82) is 0 Å². The molecule has 7 nitrogen and oxygen atoms in total. The standard InChI is InChI=1S/C16H23N5O2/c1-18-6-7-20-8-9-21(10-13(20)14(18)22)15(23)16(2-3-16)11-19-5-4-17-12-19/h4-5,12-13H,2-3,6-11H2,1H3. The Hall–Kier alpha value is -1.89. The van der Waals surface area contributed by atoms with Crippen LogP contribution in [0.2, 0.25) is 0 Å². The zero-order valence-corrected chi connectivity index (χ0v) is 13.5.